The molecule has 5 heteroatoms. The standard InChI is InChI=1S/C15H22ClNO3/c16-12-4-3-6-14(8-12)20-11-13(18)9-17-10-15-5-1-2-7-19-15/h3-4,6,8,13,15,17-18H,1-2,5,7,9-11H2. The normalized spacial score (nSPS) is 20.6. The van der Waals surface area contributed by atoms with Crippen molar-refractivity contribution in [2.75, 3.05) is 26.3 Å². The molecule has 4 nitrogen and oxygen atoms in total. The van der Waals surface area contributed by atoms with Crippen molar-refractivity contribution in [3.63, 3.8) is 0 Å². The van der Waals surface area contributed by atoms with Crippen LogP contribution in [0.4, 0.5) is 0 Å². The second-order valence-electron chi connectivity index (χ2n) is 5.07. The monoisotopic (exact) mass is 299 g/mol. The highest BCUT2D eigenvalue weighted by Gasteiger charge is 2.14. The van der Waals surface area contributed by atoms with Gasteiger partial charge in [-0.25, -0.2) is 0 Å². The Hall–Kier alpha value is -0.810. The number of ether oxygens (including phenoxy) is 2. The summed E-state index contributed by atoms with van der Waals surface area (Å²) in [5.41, 5.74) is 0. The number of hydrogen-bond donors (Lipinski definition) is 2. The zero-order valence-electron chi connectivity index (χ0n) is 11.6. The molecule has 0 spiro atoms. The first kappa shape index (κ1) is 15.6. The summed E-state index contributed by atoms with van der Waals surface area (Å²) in [6.07, 6.45) is 3.23. The highest BCUT2D eigenvalue weighted by molar-refractivity contribution is 6.30. The fourth-order valence-corrected chi connectivity index (χ4v) is 2.37. The van der Waals surface area contributed by atoms with E-state index in [1.165, 1.54) is 6.42 Å². The van der Waals surface area contributed by atoms with Gasteiger partial charge < -0.3 is 19.9 Å². The smallest absolute Gasteiger partial charge is 0.120 e. The molecular weight excluding hydrogens is 278 g/mol. The highest BCUT2D eigenvalue weighted by Crippen LogP contribution is 2.17. The van der Waals surface area contributed by atoms with E-state index >= 15 is 0 Å². The van der Waals surface area contributed by atoms with Gasteiger partial charge in [0.05, 0.1) is 6.10 Å². The Morgan fingerprint density at radius 1 is 1.45 bits per heavy atom. The summed E-state index contributed by atoms with van der Waals surface area (Å²) in [6.45, 7) is 2.39. The zero-order chi connectivity index (χ0) is 14.2. The van der Waals surface area contributed by atoms with Crippen molar-refractivity contribution in [3.8, 4) is 5.75 Å². The lowest BCUT2D eigenvalue weighted by Gasteiger charge is -2.23. The summed E-state index contributed by atoms with van der Waals surface area (Å²) in [5, 5.41) is 13.7. The molecular formula is C15H22ClNO3. The third-order valence-electron chi connectivity index (χ3n) is 3.26. The van der Waals surface area contributed by atoms with Crippen LogP contribution in [0, 0.1) is 0 Å². The van der Waals surface area contributed by atoms with Crippen LogP contribution >= 0.6 is 11.6 Å². The molecule has 1 aliphatic rings. The lowest BCUT2D eigenvalue weighted by Crippen LogP contribution is -2.37. The third-order valence-corrected chi connectivity index (χ3v) is 3.50. The van der Waals surface area contributed by atoms with Gasteiger partial charge in [0.1, 0.15) is 18.5 Å². The molecule has 1 aliphatic heterocycles. The number of hydrogen-bond acceptors (Lipinski definition) is 4. The Labute approximate surface area is 125 Å². The zero-order valence-corrected chi connectivity index (χ0v) is 12.3. The Kier molecular flexibility index (Phi) is 6.60. The van der Waals surface area contributed by atoms with Gasteiger partial charge in [0, 0.05) is 24.7 Å². The second-order valence-corrected chi connectivity index (χ2v) is 5.51. The minimum absolute atomic E-state index is 0.249. The van der Waals surface area contributed by atoms with E-state index in [-0.39, 0.29) is 12.7 Å². The fraction of sp³-hybridized carbons (Fsp3) is 0.600. The van der Waals surface area contributed by atoms with Crippen molar-refractivity contribution in [3.05, 3.63) is 29.3 Å². The fourth-order valence-electron chi connectivity index (χ4n) is 2.19. The van der Waals surface area contributed by atoms with Crippen LogP contribution in [-0.4, -0.2) is 43.6 Å². The van der Waals surface area contributed by atoms with Crippen molar-refractivity contribution in [1.29, 1.82) is 0 Å². The number of nitrogens with one attached hydrogen (secondary N) is 1. The summed E-state index contributed by atoms with van der Waals surface area (Å²) < 4.78 is 11.1. The van der Waals surface area contributed by atoms with Crippen LogP contribution in [0.25, 0.3) is 0 Å². The van der Waals surface area contributed by atoms with Crippen LogP contribution in [0.3, 0.4) is 0 Å². The van der Waals surface area contributed by atoms with Gasteiger partial charge in [0.25, 0.3) is 0 Å². The van der Waals surface area contributed by atoms with Crippen molar-refractivity contribution >= 4 is 11.6 Å². The van der Waals surface area contributed by atoms with E-state index in [4.69, 9.17) is 21.1 Å². The number of aliphatic hydroxyl groups excluding tert-OH is 1. The lowest BCUT2D eigenvalue weighted by molar-refractivity contribution is 0.0141. The van der Waals surface area contributed by atoms with E-state index in [9.17, 15) is 5.11 Å². The molecule has 1 saturated heterocycles. The predicted octanol–water partition coefficient (Wildman–Crippen LogP) is 2.24. The summed E-state index contributed by atoms with van der Waals surface area (Å²) in [5.74, 6) is 0.673. The maximum absolute atomic E-state index is 9.85. The average molecular weight is 300 g/mol. The Bertz CT molecular complexity index is 396. The molecule has 1 aromatic rings. The van der Waals surface area contributed by atoms with Gasteiger partial charge in [0.15, 0.2) is 0 Å². The van der Waals surface area contributed by atoms with Crippen LogP contribution in [0.2, 0.25) is 5.02 Å². The van der Waals surface area contributed by atoms with Gasteiger partial charge >= 0.3 is 0 Å². The first-order valence-corrected chi connectivity index (χ1v) is 7.50. The van der Waals surface area contributed by atoms with Gasteiger partial charge in [-0.15, -0.1) is 0 Å². The van der Waals surface area contributed by atoms with Crippen molar-refractivity contribution in [2.24, 2.45) is 0 Å². The number of halogens is 1. The van der Waals surface area contributed by atoms with Crippen molar-refractivity contribution < 1.29 is 14.6 Å². The summed E-state index contributed by atoms with van der Waals surface area (Å²) in [7, 11) is 0. The number of rotatable bonds is 7. The van der Waals surface area contributed by atoms with Gasteiger partial charge in [-0.05, 0) is 37.5 Å². The predicted molar refractivity (Wildman–Crippen MR) is 79.4 cm³/mol. The Morgan fingerprint density at radius 3 is 3.10 bits per heavy atom. The third kappa shape index (κ3) is 5.67. The quantitative estimate of drug-likeness (QED) is 0.811. The van der Waals surface area contributed by atoms with Crippen LogP contribution in [0.5, 0.6) is 5.75 Å². The average Bonchev–Trinajstić information content (AvgIpc) is 2.46. The molecule has 2 atom stereocenters. The van der Waals surface area contributed by atoms with E-state index in [1.807, 2.05) is 12.1 Å². The van der Waals surface area contributed by atoms with Gasteiger partial charge in [-0.1, -0.05) is 17.7 Å². The van der Waals surface area contributed by atoms with Crippen LogP contribution < -0.4 is 10.1 Å². The molecule has 0 amide bonds. The molecule has 0 aromatic heterocycles. The summed E-state index contributed by atoms with van der Waals surface area (Å²) in [4.78, 5) is 0. The molecule has 1 aromatic carbocycles. The van der Waals surface area contributed by atoms with Crippen molar-refractivity contribution in [1.82, 2.24) is 5.32 Å². The molecule has 2 N–H and O–H groups in total. The van der Waals surface area contributed by atoms with Gasteiger partial charge in [-0.2, -0.15) is 0 Å². The SMILES string of the molecule is OC(CNCC1CCCCO1)COc1cccc(Cl)c1. The largest absolute Gasteiger partial charge is 0.491 e. The molecule has 0 saturated carbocycles. The van der Waals surface area contributed by atoms with Crippen molar-refractivity contribution in [2.45, 2.75) is 31.5 Å². The highest BCUT2D eigenvalue weighted by atomic mass is 35.5. The first-order chi connectivity index (χ1) is 9.74. The van der Waals surface area contributed by atoms with E-state index in [0.717, 1.165) is 26.0 Å². The number of aliphatic hydroxyl groups is 1. The summed E-state index contributed by atoms with van der Waals surface area (Å²) >= 11 is 5.86. The minimum atomic E-state index is -0.544. The second kappa shape index (κ2) is 8.47. The minimum Gasteiger partial charge on any atom is -0.491 e. The maximum atomic E-state index is 9.85. The lowest BCUT2D eigenvalue weighted by atomic mass is 10.1. The molecule has 0 aliphatic carbocycles. The Morgan fingerprint density at radius 2 is 2.35 bits per heavy atom. The molecule has 1 fully saturated rings. The van der Waals surface area contributed by atoms with E-state index in [1.54, 1.807) is 12.1 Å². The van der Waals surface area contributed by atoms with Crippen LogP contribution in [-0.2, 0) is 4.74 Å². The molecule has 0 bridgehead atoms. The first-order valence-electron chi connectivity index (χ1n) is 7.13. The molecule has 1 heterocycles. The summed E-state index contributed by atoms with van der Waals surface area (Å²) in [6, 6.07) is 7.17. The molecule has 20 heavy (non-hydrogen) atoms. The molecule has 112 valence electrons. The van der Waals surface area contributed by atoms with E-state index < -0.39 is 6.10 Å². The number of benzene rings is 1. The van der Waals surface area contributed by atoms with E-state index in [0.29, 0.717) is 17.3 Å². The van der Waals surface area contributed by atoms with Gasteiger partial charge in [0.2, 0.25) is 0 Å². The van der Waals surface area contributed by atoms with Crippen LogP contribution in [0.15, 0.2) is 24.3 Å². The van der Waals surface area contributed by atoms with Gasteiger partial charge in [-0.3, -0.25) is 0 Å². The topological polar surface area (TPSA) is 50.7 Å². The maximum Gasteiger partial charge on any atom is 0.120 e. The molecule has 0 radical (unpaired) electrons. The Balaban J connectivity index is 1.59. The molecule has 2 unspecified atom stereocenters. The molecule has 2 rings (SSSR count). The van der Waals surface area contributed by atoms with Crippen LogP contribution in [0.1, 0.15) is 19.3 Å². The van der Waals surface area contributed by atoms with E-state index in [2.05, 4.69) is 5.32 Å².